The van der Waals surface area contributed by atoms with Crippen molar-refractivity contribution in [3.63, 3.8) is 0 Å². The Balaban J connectivity index is 1.44. The molecule has 202 valence electrons. The summed E-state index contributed by atoms with van der Waals surface area (Å²) in [4.78, 5) is 42.1. The molecule has 0 saturated carbocycles. The Labute approximate surface area is 235 Å². The van der Waals surface area contributed by atoms with Crippen LogP contribution in [0, 0.1) is 0 Å². The van der Waals surface area contributed by atoms with Crippen LogP contribution in [0.2, 0.25) is 5.02 Å². The van der Waals surface area contributed by atoms with Crippen molar-refractivity contribution in [2.75, 3.05) is 39.9 Å². The van der Waals surface area contributed by atoms with E-state index >= 15 is 0 Å². The molecule has 1 unspecified atom stereocenters. The molecule has 1 fully saturated rings. The Bertz CT molecular complexity index is 1560. The summed E-state index contributed by atoms with van der Waals surface area (Å²) in [5.74, 6) is -0.666. The number of rotatable bonds is 8. The number of halogens is 1. The first-order chi connectivity index (χ1) is 18.8. The number of benzene rings is 3. The quantitative estimate of drug-likeness (QED) is 0.349. The van der Waals surface area contributed by atoms with Gasteiger partial charge >= 0.3 is 4.87 Å². The summed E-state index contributed by atoms with van der Waals surface area (Å²) >= 11 is 7.27. The van der Waals surface area contributed by atoms with Crippen LogP contribution in [0.3, 0.4) is 0 Å². The van der Waals surface area contributed by atoms with Crippen LogP contribution in [0.15, 0.2) is 71.5 Å². The summed E-state index contributed by atoms with van der Waals surface area (Å²) in [5.41, 5.74) is 9.26. The van der Waals surface area contributed by atoms with Gasteiger partial charge in [-0.15, -0.1) is 0 Å². The molecule has 2 amide bonds. The van der Waals surface area contributed by atoms with Gasteiger partial charge in [0.2, 0.25) is 11.8 Å². The number of fused-ring (bicyclic) bond motifs is 1. The molecule has 39 heavy (non-hydrogen) atoms. The Hall–Kier alpha value is -3.50. The lowest BCUT2D eigenvalue weighted by molar-refractivity contribution is -0.133. The van der Waals surface area contributed by atoms with Crippen molar-refractivity contribution in [2.45, 2.75) is 12.6 Å². The van der Waals surface area contributed by atoms with Crippen LogP contribution in [-0.4, -0.2) is 66.1 Å². The second-order valence-corrected chi connectivity index (χ2v) is 11.0. The molecule has 8 nitrogen and oxygen atoms in total. The zero-order valence-electron chi connectivity index (χ0n) is 21.5. The first-order valence-electron chi connectivity index (χ1n) is 12.7. The van der Waals surface area contributed by atoms with Gasteiger partial charge < -0.3 is 15.4 Å². The fourth-order valence-corrected chi connectivity index (χ4v) is 5.96. The molecule has 1 aromatic heterocycles. The van der Waals surface area contributed by atoms with Crippen LogP contribution in [0.1, 0.15) is 22.0 Å². The largest absolute Gasteiger partial charge is 0.379 e. The maximum Gasteiger partial charge on any atom is 0.308 e. The average molecular weight is 565 g/mol. The molecule has 1 aliphatic heterocycles. The van der Waals surface area contributed by atoms with Gasteiger partial charge in [0, 0.05) is 37.3 Å². The maximum absolute atomic E-state index is 13.6. The zero-order valence-corrected chi connectivity index (χ0v) is 23.1. The molecule has 1 aliphatic rings. The standard InChI is InChI=1S/C29H29ClN4O4S/c1-32(27(35)18-34-24-16-21(30)10-11-26(24)39-29(34)37)25(17-33-12-14-38-15-13-33)20-8-6-19(7-9-20)22-4-2-3-5-23(22)28(31)36/h2-11,16,25H,12-15,17-18H2,1H3,(H2,31,36). The highest BCUT2D eigenvalue weighted by molar-refractivity contribution is 7.16. The Morgan fingerprint density at radius 1 is 1.08 bits per heavy atom. The molecule has 4 aromatic rings. The number of aromatic nitrogens is 1. The van der Waals surface area contributed by atoms with Crippen molar-refractivity contribution in [2.24, 2.45) is 5.73 Å². The molecule has 0 aliphatic carbocycles. The molecule has 1 saturated heterocycles. The van der Waals surface area contributed by atoms with E-state index < -0.39 is 5.91 Å². The Kier molecular flexibility index (Phi) is 8.13. The summed E-state index contributed by atoms with van der Waals surface area (Å²) in [7, 11) is 1.77. The summed E-state index contributed by atoms with van der Waals surface area (Å²) in [6, 6.07) is 20.1. The molecule has 10 heteroatoms. The summed E-state index contributed by atoms with van der Waals surface area (Å²) in [6.45, 7) is 3.37. The lowest BCUT2D eigenvalue weighted by atomic mass is 9.96. The summed E-state index contributed by atoms with van der Waals surface area (Å²) in [6.07, 6.45) is 0. The van der Waals surface area contributed by atoms with E-state index in [9.17, 15) is 14.4 Å². The van der Waals surface area contributed by atoms with Gasteiger partial charge in [-0.2, -0.15) is 0 Å². The number of morpholine rings is 1. The monoisotopic (exact) mass is 564 g/mol. The van der Waals surface area contributed by atoms with Gasteiger partial charge in [-0.1, -0.05) is 65.4 Å². The second-order valence-electron chi connectivity index (χ2n) is 9.53. The van der Waals surface area contributed by atoms with E-state index in [4.69, 9.17) is 22.1 Å². The minimum atomic E-state index is -0.484. The van der Waals surface area contributed by atoms with E-state index in [1.54, 1.807) is 42.3 Å². The molecule has 0 spiro atoms. The van der Waals surface area contributed by atoms with Crippen LogP contribution in [0.5, 0.6) is 0 Å². The fourth-order valence-electron chi connectivity index (χ4n) is 4.92. The third kappa shape index (κ3) is 5.91. The van der Waals surface area contributed by atoms with Crippen molar-refractivity contribution in [1.82, 2.24) is 14.4 Å². The number of hydrogen-bond donors (Lipinski definition) is 1. The molecule has 0 radical (unpaired) electrons. The minimum Gasteiger partial charge on any atom is -0.379 e. The van der Waals surface area contributed by atoms with Crippen LogP contribution in [0.25, 0.3) is 21.3 Å². The molecule has 3 aromatic carbocycles. The molecular formula is C29H29ClN4O4S. The third-order valence-electron chi connectivity index (χ3n) is 7.12. The van der Waals surface area contributed by atoms with E-state index in [0.717, 1.165) is 45.8 Å². The lowest BCUT2D eigenvalue weighted by Crippen LogP contribution is -2.44. The predicted octanol–water partition coefficient (Wildman–Crippen LogP) is 4.01. The zero-order chi connectivity index (χ0) is 27.5. The minimum absolute atomic E-state index is 0.0840. The van der Waals surface area contributed by atoms with Gasteiger partial charge in [-0.05, 0) is 41.0 Å². The summed E-state index contributed by atoms with van der Waals surface area (Å²) < 4.78 is 7.79. The lowest BCUT2D eigenvalue weighted by Gasteiger charge is -2.35. The van der Waals surface area contributed by atoms with Crippen LogP contribution < -0.4 is 10.6 Å². The fraction of sp³-hybridized carbons (Fsp3) is 0.276. The summed E-state index contributed by atoms with van der Waals surface area (Å²) in [5, 5.41) is 0.512. The van der Waals surface area contributed by atoms with Crippen LogP contribution >= 0.6 is 22.9 Å². The Morgan fingerprint density at radius 2 is 1.79 bits per heavy atom. The van der Waals surface area contributed by atoms with Gasteiger partial charge in [0.05, 0.1) is 29.5 Å². The number of nitrogens with two attached hydrogens (primary N) is 1. The van der Waals surface area contributed by atoms with Crippen molar-refractivity contribution in [3.8, 4) is 11.1 Å². The smallest absolute Gasteiger partial charge is 0.308 e. The number of primary amides is 1. The maximum atomic E-state index is 13.6. The van der Waals surface area contributed by atoms with Crippen LogP contribution in [0.4, 0.5) is 0 Å². The first kappa shape index (κ1) is 27.1. The molecule has 2 N–H and O–H groups in total. The number of likely N-dealkylation sites (N-methyl/N-ethyl adjacent to an activating group) is 1. The highest BCUT2D eigenvalue weighted by Gasteiger charge is 2.26. The molecule has 5 rings (SSSR count). The van der Waals surface area contributed by atoms with Gasteiger partial charge in [0.1, 0.15) is 6.54 Å². The Morgan fingerprint density at radius 3 is 2.51 bits per heavy atom. The second kappa shape index (κ2) is 11.7. The van der Waals surface area contributed by atoms with E-state index in [1.807, 2.05) is 36.4 Å². The van der Waals surface area contributed by atoms with Gasteiger partial charge in [-0.25, -0.2) is 0 Å². The number of amides is 2. The van der Waals surface area contributed by atoms with Gasteiger partial charge in [0.25, 0.3) is 0 Å². The predicted molar refractivity (Wildman–Crippen MR) is 154 cm³/mol. The normalized spacial score (nSPS) is 14.8. The van der Waals surface area contributed by atoms with Crippen molar-refractivity contribution in [3.05, 3.63) is 92.5 Å². The number of nitrogens with zero attached hydrogens (tertiary/aromatic N) is 3. The van der Waals surface area contributed by atoms with E-state index in [-0.39, 0.29) is 23.4 Å². The number of carbonyl (C=O) groups is 2. The third-order valence-corrected chi connectivity index (χ3v) is 8.31. The number of ether oxygens (including phenoxy) is 1. The van der Waals surface area contributed by atoms with Gasteiger partial charge in [-0.3, -0.25) is 23.9 Å². The molecular weight excluding hydrogens is 536 g/mol. The number of carbonyl (C=O) groups excluding carboxylic acids is 2. The number of thiazole rings is 1. The van der Waals surface area contributed by atoms with Crippen molar-refractivity contribution in [1.29, 1.82) is 0 Å². The highest BCUT2D eigenvalue weighted by Crippen LogP contribution is 2.28. The van der Waals surface area contributed by atoms with E-state index in [1.165, 1.54) is 4.57 Å². The van der Waals surface area contributed by atoms with Crippen LogP contribution in [-0.2, 0) is 16.1 Å². The van der Waals surface area contributed by atoms with Gasteiger partial charge in [0.15, 0.2) is 0 Å². The van der Waals surface area contributed by atoms with Crippen molar-refractivity contribution < 1.29 is 14.3 Å². The average Bonchev–Trinajstić information content (AvgIpc) is 3.25. The number of hydrogen-bond acceptors (Lipinski definition) is 6. The van der Waals surface area contributed by atoms with Crippen molar-refractivity contribution >= 4 is 45.0 Å². The first-order valence-corrected chi connectivity index (χ1v) is 13.8. The SMILES string of the molecule is CN(C(=O)Cn1c(=O)sc2ccc(Cl)cc21)C(CN1CCOCC1)c1ccc(-c2ccccc2C(N)=O)cc1. The molecule has 2 heterocycles. The van der Waals surface area contributed by atoms with E-state index in [2.05, 4.69) is 4.90 Å². The highest BCUT2D eigenvalue weighted by atomic mass is 35.5. The topological polar surface area (TPSA) is 97.9 Å². The molecule has 0 bridgehead atoms. The molecule has 1 atom stereocenters. The van der Waals surface area contributed by atoms with E-state index in [0.29, 0.717) is 35.9 Å².